The summed E-state index contributed by atoms with van der Waals surface area (Å²) in [7, 11) is 0. The smallest absolute Gasteiger partial charge is 0.294 e. The van der Waals surface area contributed by atoms with E-state index >= 15 is 0 Å². The minimum atomic E-state index is -0.485. The van der Waals surface area contributed by atoms with Gasteiger partial charge in [0, 0.05) is 18.7 Å². The molecule has 2 heterocycles. The van der Waals surface area contributed by atoms with Gasteiger partial charge in [0.1, 0.15) is 18.9 Å². The molecule has 0 aliphatic carbocycles. The van der Waals surface area contributed by atoms with E-state index < -0.39 is 11.1 Å². The van der Waals surface area contributed by atoms with Gasteiger partial charge in [-0.2, -0.15) is 0 Å². The highest BCUT2D eigenvalue weighted by Crippen LogP contribution is 2.37. The lowest BCUT2D eigenvalue weighted by Crippen LogP contribution is -2.44. The van der Waals surface area contributed by atoms with Gasteiger partial charge in [0.25, 0.3) is 11.1 Å². The van der Waals surface area contributed by atoms with Crippen LogP contribution in [0, 0.1) is 12.3 Å². The molecule has 0 saturated carbocycles. The second kappa shape index (κ2) is 9.69. The van der Waals surface area contributed by atoms with Crippen molar-refractivity contribution in [1.29, 1.82) is 0 Å². The monoisotopic (exact) mass is 482 g/mol. The summed E-state index contributed by atoms with van der Waals surface area (Å²) in [4.78, 5) is 41.8. The van der Waals surface area contributed by atoms with Crippen LogP contribution in [0.25, 0.3) is 16.8 Å². The highest BCUT2D eigenvalue weighted by atomic mass is 32.2. The third kappa shape index (κ3) is 4.53. The van der Waals surface area contributed by atoms with Crippen molar-refractivity contribution in [2.45, 2.75) is 13.0 Å². The number of carbonyl (C=O) groups is 3. The van der Waals surface area contributed by atoms with Crippen molar-refractivity contribution in [3.05, 3.63) is 82.3 Å². The van der Waals surface area contributed by atoms with Crippen LogP contribution in [0.3, 0.4) is 0 Å². The van der Waals surface area contributed by atoms with E-state index in [1.54, 1.807) is 17.0 Å². The van der Waals surface area contributed by atoms with Gasteiger partial charge in [-0.1, -0.05) is 60.5 Å². The summed E-state index contributed by atoms with van der Waals surface area (Å²) in [6.45, 7) is 0.842. The van der Waals surface area contributed by atoms with Gasteiger partial charge in [-0.15, -0.1) is 6.42 Å². The molecule has 1 fully saturated rings. The zero-order chi connectivity index (χ0) is 24.4. The van der Waals surface area contributed by atoms with Gasteiger partial charge in [-0.3, -0.25) is 19.3 Å². The maximum Gasteiger partial charge on any atom is 0.294 e. The molecular weight excluding hydrogens is 460 g/mol. The number of fused-ring (bicyclic) bond motifs is 2. The third-order valence-corrected chi connectivity index (χ3v) is 7.07. The molecule has 0 bridgehead atoms. The lowest BCUT2D eigenvalue weighted by molar-refractivity contribution is -0.136. The Balaban J connectivity index is 1.38. The van der Waals surface area contributed by atoms with Crippen LogP contribution in [0.1, 0.15) is 16.7 Å². The van der Waals surface area contributed by atoms with Crippen LogP contribution in [0.15, 0.2) is 65.6 Å². The lowest BCUT2D eigenvalue weighted by atomic mass is 10.00. The molecule has 3 aromatic rings. The van der Waals surface area contributed by atoms with Gasteiger partial charge < -0.3 is 9.64 Å². The fourth-order valence-electron chi connectivity index (χ4n) is 4.38. The molecule has 0 N–H and O–H groups in total. The van der Waals surface area contributed by atoms with Crippen molar-refractivity contribution >= 4 is 45.7 Å². The van der Waals surface area contributed by atoms with Crippen LogP contribution in [-0.2, 0) is 22.6 Å². The number of imide groups is 1. The molecule has 1 saturated heterocycles. The summed E-state index contributed by atoms with van der Waals surface area (Å²) in [6, 6.07) is 19.4. The largest absolute Gasteiger partial charge is 0.480 e. The molecule has 0 radical (unpaired) electrons. The van der Waals surface area contributed by atoms with Gasteiger partial charge in [0.2, 0.25) is 5.91 Å². The first kappa shape index (κ1) is 22.8. The molecule has 0 aromatic heterocycles. The van der Waals surface area contributed by atoms with Gasteiger partial charge >= 0.3 is 0 Å². The predicted octanol–water partition coefficient (Wildman–Crippen LogP) is 4.47. The molecule has 5 rings (SSSR count). The van der Waals surface area contributed by atoms with E-state index in [0.717, 1.165) is 39.4 Å². The maximum absolute atomic E-state index is 13.2. The van der Waals surface area contributed by atoms with Crippen molar-refractivity contribution in [3.8, 4) is 18.1 Å². The quantitative estimate of drug-likeness (QED) is 0.397. The molecule has 0 atom stereocenters. The molecule has 3 aromatic carbocycles. The van der Waals surface area contributed by atoms with E-state index in [-0.39, 0.29) is 24.0 Å². The van der Waals surface area contributed by atoms with Crippen molar-refractivity contribution in [3.63, 3.8) is 0 Å². The number of ether oxygens (including phenoxy) is 1. The zero-order valence-electron chi connectivity index (χ0n) is 18.9. The van der Waals surface area contributed by atoms with Crippen LogP contribution in [0.5, 0.6) is 5.75 Å². The Hall–Kier alpha value is -4.02. The van der Waals surface area contributed by atoms with Crippen LogP contribution in [-0.4, -0.2) is 46.5 Å². The Labute approximate surface area is 207 Å². The Kier molecular flexibility index (Phi) is 6.30. The fourth-order valence-corrected chi connectivity index (χ4v) is 5.20. The highest BCUT2D eigenvalue weighted by molar-refractivity contribution is 8.18. The zero-order valence-corrected chi connectivity index (χ0v) is 19.7. The van der Waals surface area contributed by atoms with Crippen LogP contribution in [0.4, 0.5) is 4.79 Å². The second-order valence-corrected chi connectivity index (χ2v) is 9.29. The number of rotatable bonds is 5. The SMILES string of the molecule is C#CCOc1ccc2ccccc2c1/C=C1\SC(=O)N(CC(=O)N2CCc3ccccc3C2)C1=O. The summed E-state index contributed by atoms with van der Waals surface area (Å²) in [5, 5.41) is 1.38. The molecule has 7 heteroatoms. The van der Waals surface area contributed by atoms with Crippen LogP contribution >= 0.6 is 11.8 Å². The number of hydrogen-bond donors (Lipinski definition) is 0. The van der Waals surface area contributed by atoms with Crippen molar-refractivity contribution in [2.75, 3.05) is 19.7 Å². The molecule has 2 aliphatic heterocycles. The summed E-state index contributed by atoms with van der Waals surface area (Å²) in [6.07, 6.45) is 7.77. The number of amides is 3. The van der Waals surface area contributed by atoms with E-state index in [4.69, 9.17) is 11.2 Å². The van der Waals surface area contributed by atoms with E-state index in [9.17, 15) is 14.4 Å². The molecule has 174 valence electrons. The number of benzene rings is 3. The number of thioether (sulfide) groups is 1. The minimum absolute atomic E-state index is 0.0775. The minimum Gasteiger partial charge on any atom is -0.480 e. The molecule has 2 aliphatic rings. The average molecular weight is 483 g/mol. The number of nitrogens with zero attached hydrogens (tertiary/aromatic N) is 2. The topological polar surface area (TPSA) is 66.9 Å². The van der Waals surface area contributed by atoms with E-state index in [2.05, 4.69) is 12.0 Å². The summed E-state index contributed by atoms with van der Waals surface area (Å²) >= 11 is 0.827. The normalized spacial score (nSPS) is 16.5. The Morgan fingerprint density at radius 3 is 2.66 bits per heavy atom. The van der Waals surface area contributed by atoms with Gasteiger partial charge in [0.15, 0.2) is 0 Å². The van der Waals surface area contributed by atoms with E-state index in [0.29, 0.717) is 24.4 Å². The van der Waals surface area contributed by atoms with Crippen LogP contribution < -0.4 is 4.74 Å². The average Bonchev–Trinajstić information content (AvgIpc) is 3.15. The van der Waals surface area contributed by atoms with E-state index in [1.807, 2.05) is 48.5 Å². The standard InChI is InChI=1S/C28H22N2O4S/c1-2-15-34-24-12-11-20-8-5-6-10-22(20)23(24)16-25-27(32)30(28(33)35-25)18-26(31)29-14-13-19-7-3-4-9-21(19)17-29/h1,3-12,16H,13-15,17-18H2/b25-16-. The Morgan fingerprint density at radius 2 is 1.83 bits per heavy atom. The molecule has 6 nitrogen and oxygen atoms in total. The maximum atomic E-state index is 13.2. The molecule has 0 spiro atoms. The number of terminal acetylenes is 1. The first-order valence-corrected chi connectivity index (χ1v) is 12.0. The highest BCUT2D eigenvalue weighted by Gasteiger charge is 2.37. The fraction of sp³-hybridized carbons (Fsp3) is 0.179. The van der Waals surface area contributed by atoms with Gasteiger partial charge in [-0.05, 0) is 52.2 Å². The van der Waals surface area contributed by atoms with Crippen LogP contribution in [0.2, 0.25) is 0 Å². The number of carbonyl (C=O) groups excluding carboxylic acids is 3. The summed E-state index contributed by atoms with van der Waals surface area (Å²) in [5.41, 5.74) is 2.99. The Bertz CT molecular complexity index is 1420. The second-order valence-electron chi connectivity index (χ2n) is 8.29. The summed E-state index contributed by atoms with van der Waals surface area (Å²) < 4.78 is 5.71. The summed E-state index contributed by atoms with van der Waals surface area (Å²) in [5.74, 6) is 2.24. The van der Waals surface area contributed by atoms with Gasteiger partial charge in [-0.25, -0.2) is 0 Å². The van der Waals surface area contributed by atoms with Crippen molar-refractivity contribution in [2.24, 2.45) is 0 Å². The molecule has 35 heavy (non-hydrogen) atoms. The first-order valence-electron chi connectivity index (χ1n) is 11.2. The number of hydrogen-bond acceptors (Lipinski definition) is 5. The predicted molar refractivity (Wildman–Crippen MR) is 137 cm³/mol. The molecular formula is C28H22N2O4S. The molecule has 3 amide bonds. The molecule has 0 unspecified atom stereocenters. The van der Waals surface area contributed by atoms with Crippen molar-refractivity contribution in [1.82, 2.24) is 9.80 Å². The van der Waals surface area contributed by atoms with Gasteiger partial charge in [0.05, 0.1) is 4.91 Å². The van der Waals surface area contributed by atoms with Crippen molar-refractivity contribution < 1.29 is 19.1 Å². The Morgan fingerprint density at radius 1 is 1.06 bits per heavy atom. The first-order chi connectivity index (χ1) is 17.0. The third-order valence-electron chi connectivity index (χ3n) is 6.17. The lowest BCUT2D eigenvalue weighted by Gasteiger charge is -2.29. The van der Waals surface area contributed by atoms with E-state index in [1.165, 1.54) is 5.56 Å².